The summed E-state index contributed by atoms with van der Waals surface area (Å²) in [5.74, 6) is 2.69. The summed E-state index contributed by atoms with van der Waals surface area (Å²) in [5, 5.41) is 6.41. The van der Waals surface area contributed by atoms with Gasteiger partial charge in [-0.05, 0) is 54.3 Å². The van der Waals surface area contributed by atoms with Gasteiger partial charge in [0.1, 0.15) is 12.4 Å². The van der Waals surface area contributed by atoms with Crippen LogP contribution in [0.2, 0.25) is 0 Å². The van der Waals surface area contributed by atoms with E-state index in [1.165, 1.54) is 12.0 Å². The molecule has 4 unspecified atom stereocenters. The molecule has 4 rings (SSSR count). The Labute approximate surface area is 166 Å². The quantitative estimate of drug-likeness (QED) is 0.703. The molecule has 1 aliphatic heterocycles. The Morgan fingerprint density at radius 1 is 1.29 bits per heavy atom. The van der Waals surface area contributed by atoms with Crippen LogP contribution in [0.4, 0.5) is 0 Å². The second-order valence-electron chi connectivity index (χ2n) is 8.05. The molecular formula is C23H29N3O2. The Morgan fingerprint density at radius 3 is 2.86 bits per heavy atom. The zero-order valence-corrected chi connectivity index (χ0v) is 16.4. The van der Waals surface area contributed by atoms with Gasteiger partial charge < -0.3 is 15.4 Å². The minimum absolute atomic E-state index is 0.0951. The second-order valence-corrected chi connectivity index (χ2v) is 8.05. The smallest absolute Gasteiger partial charge is 0.224 e. The van der Waals surface area contributed by atoms with E-state index in [1.807, 2.05) is 36.5 Å². The van der Waals surface area contributed by atoms with Crippen LogP contribution in [-0.4, -0.2) is 36.6 Å². The van der Waals surface area contributed by atoms with Crippen LogP contribution in [0.1, 0.15) is 36.8 Å². The Morgan fingerprint density at radius 2 is 2.11 bits per heavy atom. The first-order valence-electron chi connectivity index (χ1n) is 10.3. The Kier molecular flexibility index (Phi) is 5.91. The lowest BCUT2D eigenvalue weighted by Crippen LogP contribution is -2.46. The number of aromatic nitrogens is 1. The number of carbonyl (C=O) groups excluding carboxylic acids is 1. The Hall–Kier alpha value is -2.40. The van der Waals surface area contributed by atoms with Crippen LogP contribution in [0, 0.1) is 11.8 Å². The molecule has 0 bridgehead atoms. The van der Waals surface area contributed by atoms with E-state index in [2.05, 4.69) is 28.6 Å². The number of pyridine rings is 1. The van der Waals surface area contributed by atoms with Crippen LogP contribution in [-0.2, 0) is 11.2 Å². The minimum Gasteiger partial charge on any atom is -0.490 e. The van der Waals surface area contributed by atoms with E-state index in [4.69, 9.17) is 4.74 Å². The molecule has 2 aliphatic rings. The van der Waals surface area contributed by atoms with Gasteiger partial charge >= 0.3 is 0 Å². The molecule has 0 radical (unpaired) electrons. The monoisotopic (exact) mass is 379 g/mol. The summed E-state index contributed by atoms with van der Waals surface area (Å²) in [7, 11) is 0. The highest BCUT2D eigenvalue weighted by molar-refractivity contribution is 5.78. The summed E-state index contributed by atoms with van der Waals surface area (Å²) in [4.78, 5) is 16.5. The summed E-state index contributed by atoms with van der Waals surface area (Å²) in [6.07, 6.45) is 6.40. The van der Waals surface area contributed by atoms with Crippen molar-refractivity contribution in [3.8, 4) is 5.75 Å². The SMILES string of the molecule is CC1C(CCNC(=O)Cc2ccccc2)C1c1cncc(OCC2CCN2)c1. The maximum atomic E-state index is 12.1. The van der Waals surface area contributed by atoms with Gasteiger partial charge in [0.15, 0.2) is 0 Å². The van der Waals surface area contributed by atoms with Crippen molar-refractivity contribution in [2.45, 2.75) is 38.1 Å². The van der Waals surface area contributed by atoms with Crippen LogP contribution in [0.3, 0.4) is 0 Å². The summed E-state index contributed by atoms with van der Waals surface area (Å²) < 4.78 is 5.89. The molecule has 1 aromatic heterocycles. The number of hydrogen-bond donors (Lipinski definition) is 2. The van der Waals surface area contributed by atoms with E-state index in [1.54, 1.807) is 6.20 Å². The average Bonchev–Trinajstić information content (AvgIpc) is 3.31. The van der Waals surface area contributed by atoms with Gasteiger partial charge in [0, 0.05) is 18.8 Å². The highest BCUT2D eigenvalue weighted by Crippen LogP contribution is 2.55. The summed E-state index contributed by atoms with van der Waals surface area (Å²) in [6.45, 7) is 4.82. The van der Waals surface area contributed by atoms with E-state index in [-0.39, 0.29) is 5.91 Å². The molecule has 1 amide bonds. The maximum Gasteiger partial charge on any atom is 0.224 e. The number of benzene rings is 1. The van der Waals surface area contributed by atoms with Gasteiger partial charge in [0.25, 0.3) is 0 Å². The molecule has 148 valence electrons. The van der Waals surface area contributed by atoms with Crippen LogP contribution < -0.4 is 15.4 Å². The third kappa shape index (κ3) is 4.71. The molecule has 4 atom stereocenters. The molecule has 1 aliphatic carbocycles. The molecule has 2 heterocycles. The molecular weight excluding hydrogens is 350 g/mol. The van der Waals surface area contributed by atoms with E-state index in [9.17, 15) is 4.79 Å². The normalized spacial score (nSPS) is 25.6. The van der Waals surface area contributed by atoms with Gasteiger partial charge in [-0.2, -0.15) is 0 Å². The van der Waals surface area contributed by atoms with Crippen LogP contribution in [0.5, 0.6) is 5.75 Å². The minimum atomic E-state index is 0.0951. The first-order valence-corrected chi connectivity index (χ1v) is 10.3. The van der Waals surface area contributed by atoms with E-state index in [0.717, 1.165) is 30.8 Å². The number of ether oxygens (including phenoxy) is 1. The first-order chi connectivity index (χ1) is 13.7. The number of amides is 1. The van der Waals surface area contributed by atoms with E-state index in [0.29, 0.717) is 36.8 Å². The lowest BCUT2D eigenvalue weighted by molar-refractivity contribution is -0.120. The van der Waals surface area contributed by atoms with Crippen molar-refractivity contribution in [1.29, 1.82) is 0 Å². The zero-order chi connectivity index (χ0) is 19.3. The Balaban J connectivity index is 1.22. The molecule has 28 heavy (non-hydrogen) atoms. The predicted octanol–water partition coefficient (Wildman–Crippen LogP) is 2.92. The number of hydrogen-bond acceptors (Lipinski definition) is 4. The molecule has 5 heteroatoms. The standard InChI is InChI=1S/C23H29N3O2/c1-16-21(8-10-26-22(27)11-17-5-3-2-4-6-17)23(16)18-12-20(14-24-13-18)28-15-19-7-9-25-19/h2-6,12-14,16,19,21,23,25H,7-11,15H2,1H3,(H,26,27). The second kappa shape index (κ2) is 8.74. The zero-order valence-electron chi connectivity index (χ0n) is 16.4. The Bertz CT molecular complexity index is 791. The molecule has 2 fully saturated rings. The fraction of sp³-hybridized carbons (Fsp3) is 0.478. The fourth-order valence-electron chi connectivity index (χ4n) is 4.15. The van der Waals surface area contributed by atoms with E-state index >= 15 is 0 Å². The van der Waals surface area contributed by atoms with Gasteiger partial charge in [-0.25, -0.2) is 0 Å². The van der Waals surface area contributed by atoms with Crippen molar-refractivity contribution in [1.82, 2.24) is 15.6 Å². The van der Waals surface area contributed by atoms with E-state index < -0.39 is 0 Å². The number of carbonyl (C=O) groups is 1. The third-order valence-electron chi connectivity index (χ3n) is 6.07. The van der Waals surface area contributed by atoms with Crippen LogP contribution in [0.25, 0.3) is 0 Å². The average molecular weight is 380 g/mol. The molecule has 1 aromatic carbocycles. The molecule has 2 aromatic rings. The van der Waals surface area contributed by atoms with Gasteiger partial charge in [0.2, 0.25) is 5.91 Å². The molecule has 0 spiro atoms. The van der Waals surface area contributed by atoms with Gasteiger partial charge in [-0.15, -0.1) is 0 Å². The van der Waals surface area contributed by atoms with Gasteiger partial charge in [-0.1, -0.05) is 37.3 Å². The van der Waals surface area contributed by atoms with Crippen LogP contribution >= 0.6 is 0 Å². The summed E-state index contributed by atoms with van der Waals surface area (Å²) in [5.41, 5.74) is 2.31. The number of nitrogens with zero attached hydrogens (tertiary/aromatic N) is 1. The topological polar surface area (TPSA) is 63.2 Å². The number of nitrogens with one attached hydrogen (secondary N) is 2. The van der Waals surface area contributed by atoms with Crippen molar-refractivity contribution in [3.63, 3.8) is 0 Å². The fourth-order valence-corrected chi connectivity index (χ4v) is 4.15. The number of rotatable bonds is 9. The van der Waals surface area contributed by atoms with Crippen molar-refractivity contribution >= 4 is 5.91 Å². The summed E-state index contributed by atoms with van der Waals surface area (Å²) >= 11 is 0. The lowest BCUT2D eigenvalue weighted by atomic mass is 10.1. The highest BCUT2D eigenvalue weighted by atomic mass is 16.5. The third-order valence-corrected chi connectivity index (χ3v) is 6.07. The lowest BCUT2D eigenvalue weighted by Gasteiger charge is -2.27. The summed E-state index contributed by atoms with van der Waals surface area (Å²) in [6, 6.07) is 12.5. The molecule has 1 saturated carbocycles. The van der Waals surface area contributed by atoms with Crippen molar-refractivity contribution in [3.05, 3.63) is 59.9 Å². The highest BCUT2D eigenvalue weighted by Gasteiger charge is 2.47. The molecule has 1 saturated heterocycles. The van der Waals surface area contributed by atoms with Gasteiger partial charge in [0.05, 0.1) is 12.6 Å². The van der Waals surface area contributed by atoms with Crippen molar-refractivity contribution in [2.24, 2.45) is 11.8 Å². The maximum absolute atomic E-state index is 12.1. The van der Waals surface area contributed by atoms with Crippen LogP contribution in [0.15, 0.2) is 48.8 Å². The molecule has 5 nitrogen and oxygen atoms in total. The van der Waals surface area contributed by atoms with Gasteiger partial charge in [-0.3, -0.25) is 9.78 Å². The van der Waals surface area contributed by atoms with Crippen molar-refractivity contribution in [2.75, 3.05) is 19.7 Å². The molecule has 2 N–H and O–H groups in total. The van der Waals surface area contributed by atoms with Crippen molar-refractivity contribution < 1.29 is 9.53 Å². The predicted molar refractivity (Wildman–Crippen MR) is 109 cm³/mol. The largest absolute Gasteiger partial charge is 0.490 e. The first kappa shape index (κ1) is 18.9.